The van der Waals surface area contributed by atoms with Crippen LogP contribution in [0.1, 0.15) is 58.3 Å². The Labute approximate surface area is 191 Å². The van der Waals surface area contributed by atoms with Gasteiger partial charge < -0.3 is 19.6 Å². The molecular formula is C25H36N4O3. The summed E-state index contributed by atoms with van der Waals surface area (Å²) in [5.74, 6) is 0.276. The van der Waals surface area contributed by atoms with Crippen molar-refractivity contribution in [1.29, 1.82) is 0 Å². The maximum Gasteiger partial charge on any atom is 0.250 e. The van der Waals surface area contributed by atoms with Gasteiger partial charge in [-0.1, -0.05) is 31.5 Å². The Kier molecular flexibility index (Phi) is 7.01. The summed E-state index contributed by atoms with van der Waals surface area (Å²) in [5.41, 5.74) is 0.324. The lowest BCUT2D eigenvalue weighted by Crippen LogP contribution is -2.57. The zero-order chi connectivity index (χ0) is 22.6. The standard InChI is InChI=1S/C25H36N4O3/c1-2-3-12-22(30)27-17-13-25(14-18-27)24(32)28(19-23(31)26-15-8-5-9-16-26)20-29(25)21-10-6-4-7-11-21/h4,6-7,10-11H,2-3,5,8-9,12-20H2,1H3. The summed E-state index contributed by atoms with van der Waals surface area (Å²) in [6.07, 6.45) is 6.95. The third kappa shape index (κ3) is 4.48. The summed E-state index contributed by atoms with van der Waals surface area (Å²) in [6.45, 7) is 5.42. The van der Waals surface area contributed by atoms with Gasteiger partial charge in [0.2, 0.25) is 11.8 Å². The fourth-order valence-corrected chi connectivity index (χ4v) is 5.34. The molecule has 0 saturated carbocycles. The molecule has 3 heterocycles. The van der Waals surface area contributed by atoms with Crippen molar-refractivity contribution in [3.8, 4) is 0 Å². The Bertz CT molecular complexity index is 814. The third-order valence-electron chi connectivity index (χ3n) is 7.30. The van der Waals surface area contributed by atoms with Crippen molar-refractivity contribution in [2.75, 3.05) is 44.3 Å². The molecule has 0 atom stereocenters. The molecule has 0 N–H and O–H groups in total. The molecule has 4 rings (SSSR count). The molecule has 0 unspecified atom stereocenters. The van der Waals surface area contributed by atoms with Gasteiger partial charge in [0.15, 0.2) is 0 Å². The first-order valence-corrected chi connectivity index (χ1v) is 12.2. The first-order chi connectivity index (χ1) is 15.5. The molecule has 1 aromatic rings. The molecule has 0 aliphatic carbocycles. The topological polar surface area (TPSA) is 64.2 Å². The predicted octanol–water partition coefficient (Wildman–Crippen LogP) is 2.86. The first kappa shape index (κ1) is 22.6. The number of piperidine rings is 2. The van der Waals surface area contributed by atoms with E-state index in [2.05, 4.69) is 11.8 Å². The van der Waals surface area contributed by atoms with Crippen molar-refractivity contribution in [2.45, 2.75) is 63.8 Å². The van der Waals surface area contributed by atoms with Gasteiger partial charge in [-0.25, -0.2) is 0 Å². The van der Waals surface area contributed by atoms with Gasteiger partial charge in [0.25, 0.3) is 5.91 Å². The quantitative estimate of drug-likeness (QED) is 0.682. The molecule has 3 amide bonds. The molecule has 7 nitrogen and oxygen atoms in total. The summed E-state index contributed by atoms with van der Waals surface area (Å²) >= 11 is 0. The monoisotopic (exact) mass is 440 g/mol. The van der Waals surface area contributed by atoms with Gasteiger partial charge in [-0.15, -0.1) is 0 Å². The minimum absolute atomic E-state index is 0.0346. The molecule has 3 fully saturated rings. The zero-order valence-electron chi connectivity index (χ0n) is 19.3. The van der Waals surface area contributed by atoms with E-state index in [0.717, 1.165) is 44.5 Å². The van der Waals surface area contributed by atoms with Crippen molar-refractivity contribution >= 4 is 23.4 Å². The van der Waals surface area contributed by atoms with Gasteiger partial charge in [0.1, 0.15) is 12.1 Å². The van der Waals surface area contributed by atoms with Crippen LogP contribution in [0.25, 0.3) is 0 Å². The van der Waals surface area contributed by atoms with Gasteiger partial charge in [-0.3, -0.25) is 14.4 Å². The van der Waals surface area contributed by atoms with Crippen LogP contribution >= 0.6 is 0 Å². The smallest absolute Gasteiger partial charge is 0.250 e. The normalized spacial score (nSPS) is 20.8. The lowest BCUT2D eigenvalue weighted by atomic mass is 9.85. The number of carbonyl (C=O) groups excluding carboxylic acids is 3. The van der Waals surface area contributed by atoms with Crippen LogP contribution in [-0.4, -0.2) is 77.4 Å². The van der Waals surface area contributed by atoms with E-state index in [9.17, 15) is 14.4 Å². The van der Waals surface area contributed by atoms with Gasteiger partial charge >= 0.3 is 0 Å². The lowest BCUT2D eigenvalue weighted by Gasteiger charge is -2.43. The van der Waals surface area contributed by atoms with E-state index >= 15 is 0 Å². The lowest BCUT2D eigenvalue weighted by molar-refractivity contribution is -0.142. The number of anilines is 1. The summed E-state index contributed by atoms with van der Waals surface area (Å²) in [7, 11) is 0. The highest BCUT2D eigenvalue weighted by atomic mass is 16.2. The van der Waals surface area contributed by atoms with E-state index in [0.29, 0.717) is 39.0 Å². The van der Waals surface area contributed by atoms with Crippen molar-refractivity contribution in [1.82, 2.24) is 14.7 Å². The highest BCUT2D eigenvalue weighted by molar-refractivity contribution is 5.96. The first-order valence-electron chi connectivity index (χ1n) is 12.2. The van der Waals surface area contributed by atoms with Gasteiger partial charge in [0, 0.05) is 38.3 Å². The molecule has 0 radical (unpaired) electrons. The van der Waals surface area contributed by atoms with Crippen LogP contribution in [0.2, 0.25) is 0 Å². The minimum Gasteiger partial charge on any atom is -0.342 e. The Morgan fingerprint density at radius 3 is 2.22 bits per heavy atom. The van der Waals surface area contributed by atoms with Crippen molar-refractivity contribution in [3.05, 3.63) is 30.3 Å². The number of unbranched alkanes of at least 4 members (excludes halogenated alkanes) is 1. The zero-order valence-corrected chi connectivity index (χ0v) is 19.3. The van der Waals surface area contributed by atoms with E-state index in [1.54, 1.807) is 4.90 Å². The van der Waals surface area contributed by atoms with Crippen LogP contribution in [0.15, 0.2) is 30.3 Å². The Hall–Kier alpha value is -2.57. The van der Waals surface area contributed by atoms with Crippen LogP contribution in [0.4, 0.5) is 5.69 Å². The predicted molar refractivity (Wildman–Crippen MR) is 124 cm³/mol. The summed E-state index contributed by atoms with van der Waals surface area (Å²) in [6, 6.07) is 10.0. The summed E-state index contributed by atoms with van der Waals surface area (Å²) in [4.78, 5) is 46.9. The number of hydrogen-bond donors (Lipinski definition) is 0. The maximum atomic E-state index is 13.7. The van der Waals surface area contributed by atoms with E-state index in [4.69, 9.17) is 0 Å². The van der Waals surface area contributed by atoms with Crippen LogP contribution < -0.4 is 4.90 Å². The average molecular weight is 441 g/mol. The maximum absolute atomic E-state index is 13.7. The molecule has 174 valence electrons. The number of nitrogens with zero attached hydrogens (tertiary/aromatic N) is 4. The Morgan fingerprint density at radius 1 is 0.906 bits per heavy atom. The van der Waals surface area contributed by atoms with Gasteiger partial charge in [0.05, 0.1) is 6.67 Å². The fraction of sp³-hybridized carbons (Fsp3) is 0.640. The number of amides is 3. The number of carbonyl (C=O) groups is 3. The highest BCUT2D eigenvalue weighted by Crippen LogP contribution is 2.39. The molecule has 32 heavy (non-hydrogen) atoms. The molecule has 3 aliphatic rings. The summed E-state index contributed by atoms with van der Waals surface area (Å²) in [5, 5.41) is 0. The second-order valence-electron chi connectivity index (χ2n) is 9.37. The number of para-hydroxylation sites is 1. The second-order valence-corrected chi connectivity index (χ2v) is 9.37. The highest BCUT2D eigenvalue weighted by Gasteiger charge is 2.54. The number of hydrogen-bond acceptors (Lipinski definition) is 4. The van der Waals surface area contributed by atoms with Crippen LogP contribution in [-0.2, 0) is 14.4 Å². The van der Waals surface area contributed by atoms with Gasteiger partial charge in [-0.05, 0) is 50.7 Å². The molecule has 7 heteroatoms. The Balaban J connectivity index is 1.50. The van der Waals surface area contributed by atoms with E-state index < -0.39 is 5.54 Å². The molecule has 3 aliphatic heterocycles. The minimum atomic E-state index is -0.676. The molecule has 1 aromatic carbocycles. The largest absolute Gasteiger partial charge is 0.342 e. The van der Waals surface area contributed by atoms with E-state index in [1.165, 1.54) is 6.42 Å². The van der Waals surface area contributed by atoms with Crippen molar-refractivity contribution in [2.24, 2.45) is 0 Å². The van der Waals surface area contributed by atoms with E-state index in [-0.39, 0.29) is 24.3 Å². The molecular weight excluding hydrogens is 404 g/mol. The van der Waals surface area contributed by atoms with Crippen molar-refractivity contribution in [3.63, 3.8) is 0 Å². The number of likely N-dealkylation sites (tertiary alicyclic amines) is 2. The Morgan fingerprint density at radius 2 is 1.56 bits per heavy atom. The van der Waals surface area contributed by atoms with E-state index in [1.807, 2.05) is 40.1 Å². The average Bonchev–Trinajstić information content (AvgIpc) is 3.10. The molecule has 0 bridgehead atoms. The van der Waals surface area contributed by atoms with Crippen molar-refractivity contribution < 1.29 is 14.4 Å². The van der Waals surface area contributed by atoms with Crippen LogP contribution in [0.3, 0.4) is 0 Å². The number of benzene rings is 1. The molecule has 1 spiro atoms. The summed E-state index contributed by atoms with van der Waals surface area (Å²) < 4.78 is 0. The number of rotatable bonds is 6. The SMILES string of the molecule is CCCCC(=O)N1CCC2(CC1)C(=O)N(CC(=O)N1CCCCC1)CN2c1ccccc1. The van der Waals surface area contributed by atoms with Crippen LogP contribution in [0.5, 0.6) is 0 Å². The third-order valence-corrected chi connectivity index (χ3v) is 7.30. The van der Waals surface area contributed by atoms with Gasteiger partial charge in [-0.2, -0.15) is 0 Å². The van der Waals surface area contributed by atoms with Crippen LogP contribution in [0, 0.1) is 0 Å². The molecule has 0 aromatic heterocycles. The fourth-order valence-electron chi connectivity index (χ4n) is 5.34. The second kappa shape index (κ2) is 9.92. The molecule has 3 saturated heterocycles.